The van der Waals surface area contributed by atoms with Crippen LogP contribution in [0.5, 0.6) is 0 Å². The molecule has 1 aromatic heterocycles. The summed E-state index contributed by atoms with van der Waals surface area (Å²) in [5.74, 6) is 0. The van der Waals surface area contributed by atoms with Crippen LogP contribution in [0.25, 0.3) is 11.3 Å². The van der Waals surface area contributed by atoms with Crippen molar-refractivity contribution in [2.75, 3.05) is 6.26 Å². The number of H-pyrrole nitrogens is 1. The Morgan fingerprint density at radius 1 is 1.50 bits per heavy atom. The lowest BCUT2D eigenvalue weighted by Gasteiger charge is -2.07. The number of halogens is 1. The molecule has 0 spiro atoms. The van der Waals surface area contributed by atoms with Gasteiger partial charge in [-0.2, -0.15) is 5.26 Å². The average Bonchev–Trinajstić information content (AvgIpc) is 2.37. The van der Waals surface area contributed by atoms with Gasteiger partial charge >= 0.3 is 0 Å². The van der Waals surface area contributed by atoms with Crippen molar-refractivity contribution < 1.29 is 0 Å². The van der Waals surface area contributed by atoms with E-state index in [0.29, 0.717) is 26.1 Å². The summed E-state index contributed by atoms with van der Waals surface area (Å²) in [6.07, 6.45) is 1.89. The number of thioether (sulfide) groups is 1. The maximum Gasteiger partial charge on any atom is 0.166 e. The maximum atomic E-state index is 9.18. The van der Waals surface area contributed by atoms with Crippen LogP contribution in [0.4, 0.5) is 0 Å². The first-order chi connectivity index (χ1) is 8.65. The molecule has 2 aromatic rings. The Bertz CT molecular complexity index is 688. The molecule has 0 fully saturated rings. The molecule has 0 aliphatic heterocycles. The summed E-state index contributed by atoms with van der Waals surface area (Å²) in [6.45, 7) is 0. The minimum Gasteiger partial charge on any atom is -0.333 e. The summed E-state index contributed by atoms with van der Waals surface area (Å²) < 4.78 is 0.301. The fourth-order valence-electron chi connectivity index (χ4n) is 1.51. The largest absolute Gasteiger partial charge is 0.333 e. The molecule has 0 saturated carbocycles. The van der Waals surface area contributed by atoms with E-state index in [1.807, 2.05) is 18.4 Å². The van der Waals surface area contributed by atoms with E-state index >= 15 is 0 Å². The molecule has 2 rings (SSSR count). The zero-order valence-electron chi connectivity index (χ0n) is 9.40. The van der Waals surface area contributed by atoms with Gasteiger partial charge in [-0.15, -0.1) is 0 Å². The second-order valence-electron chi connectivity index (χ2n) is 3.42. The number of benzene rings is 1. The van der Waals surface area contributed by atoms with Crippen LogP contribution < -0.4 is 0 Å². The van der Waals surface area contributed by atoms with E-state index in [9.17, 15) is 5.26 Å². The van der Waals surface area contributed by atoms with Crippen molar-refractivity contribution in [3.05, 3.63) is 39.5 Å². The van der Waals surface area contributed by atoms with Crippen molar-refractivity contribution in [3.8, 4) is 17.3 Å². The molecule has 90 valence electrons. The molecule has 6 heteroatoms. The summed E-state index contributed by atoms with van der Waals surface area (Å²) >= 11 is 12.5. The third-order valence-corrected chi connectivity index (χ3v) is 3.43. The van der Waals surface area contributed by atoms with Crippen LogP contribution in [0.15, 0.2) is 29.4 Å². The van der Waals surface area contributed by atoms with Gasteiger partial charge in [-0.25, -0.2) is 4.98 Å². The van der Waals surface area contributed by atoms with Crippen LogP contribution in [0.1, 0.15) is 5.56 Å². The minimum atomic E-state index is 0.301. The highest BCUT2D eigenvalue weighted by atomic mass is 35.5. The molecule has 1 heterocycles. The number of nitriles is 1. The van der Waals surface area contributed by atoms with Crippen molar-refractivity contribution >= 4 is 35.6 Å². The molecule has 0 amide bonds. The van der Waals surface area contributed by atoms with Gasteiger partial charge in [-0.1, -0.05) is 47.7 Å². The molecule has 0 bridgehead atoms. The Hall–Kier alpha value is -1.35. The van der Waals surface area contributed by atoms with Gasteiger partial charge in [-0.3, -0.25) is 0 Å². The van der Waals surface area contributed by atoms with Crippen molar-refractivity contribution in [1.29, 1.82) is 5.26 Å². The SMILES string of the molecule is CSc1nc(=S)c(C#N)c(-c2cccc(Cl)c2)[nH]1. The van der Waals surface area contributed by atoms with Gasteiger partial charge in [0.2, 0.25) is 0 Å². The molecule has 0 aliphatic rings. The Morgan fingerprint density at radius 3 is 2.89 bits per heavy atom. The van der Waals surface area contributed by atoms with Crippen molar-refractivity contribution in [1.82, 2.24) is 9.97 Å². The van der Waals surface area contributed by atoms with Gasteiger partial charge in [0.05, 0.1) is 5.69 Å². The molecule has 0 atom stereocenters. The van der Waals surface area contributed by atoms with Crippen LogP contribution in [-0.2, 0) is 0 Å². The van der Waals surface area contributed by atoms with E-state index in [0.717, 1.165) is 5.56 Å². The zero-order chi connectivity index (χ0) is 13.1. The number of nitrogens with one attached hydrogen (secondary N) is 1. The molecule has 0 radical (unpaired) electrons. The number of hydrogen-bond acceptors (Lipinski definition) is 4. The Balaban J connectivity index is 2.74. The van der Waals surface area contributed by atoms with E-state index in [1.54, 1.807) is 12.1 Å². The van der Waals surface area contributed by atoms with Gasteiger partial charge in [0.25, 0.3) is 0 Å². The summed E-state index contributed by atoms with van der Waals surface area (Å²) in [7, 11) is 0. The minimum absolute atomic E-state index is 0.301. The van der Waals surface area contributed by atoms with Crippen LogP contribution >= 0.6 is 35.6 Å². The fraction of sp³-hybridized carbons (Fsp3) is 0.0833. The average molecular weight is 294 g/mol. The Morgan fingerprint density at radius 2 is 2.28 bits per heavy atom. The van der Waals surface area contributed by atoms with Crippen LogP contribution in [0, 0.1) is 16.0 Å². The quantitative estimate of drug-likeness (QED) is 0.515. The number of aromatic amines is 1. The highest BCUT2D eigenvalue weighted by molar-refractivity contribution is 7.98. The second kappa shape index (κ2) is 5.53. The van der Waals surface area contributed by atoms with Gasteiger partial charge in [-0.05, 0) is 18.4 Å². The van der Waals surface area contributed by atoms with E-state index < -0.39 is 0 Å². The van der Waals surface area contributed by atoms with Gasteiger partial charge in [0.15, 0.2) is 5.16 Å². The highest BCUT2D eigenvalue weighted by Crippen LogP contribution is 2.26. The van der Waals surface area contributed by atoms with Crippen LogP contribution in [0.2, 0.25) is 5.02 Å². The molecule has 0 unspecified atom stereocenters. The molecule has 0 saturated heterocycles. The fourth-order valence-corrected chi connectivity index (χ4v) is 2.39. The topological polar surface area (TPSA) is 52.5 Å². The normalized spacial score (nSPS) is 10.1. The van der Waals surface area contributed by atoms with Gasteiger partial charge in [0, 0.05) is 10.6 Å². The predicted octanol–water partition coefficient (Wildman–Crippen LogP) is 4.05. The third kappa shape index (κ3) is 2.56. The summed E-state index contributed by atoms with van der Waals surface area (Å²) in [5, 5.41) is 10.5. The standard InChI is InChI=1S/C12H8ClN3S2/c1-18-12-15-10(9(6-14)11(17)16-12)7-3-2-4-8(13)5-7/h2-5H,1H3,(H,15,16,17). The lowest BCUT2D eigenvalue weighted by Crippen LogP contribution is -1.96. The Kier molecular flexibility index (Phi) is 4.02. The number of aromatic nitrogens is 2. The molecule has 1 aromatic carbocycles. The van der Waals surface area contributed by atoms with Gasteiger partial charge in [0.1, 0.15) is 16.3 Å². The smallest absolute Gasteiger partial charge is 0.166 e. The summed E-state index contributed by atoms with van der Waals surface area (Å²) in [5.41, 5.74) is 1.84. The third-order valence-electron chi connectivity index (χ3n) is 2.32. The van der Waals surface area contributed by atoms with Crippen molar-refractivity contribution in [2.24, 2.45) is 0 Å². The lowest BCUT2D eigenvalue weighted by atomic mass is 10.1. The summed E-state index contributed by atoms with van der Waals surface area (Å²) in [4.78, 5) is 7.24. The second-order valence-corrected chi connectivity index (χ2v) is 5.04. The monoisotopic (exact) mass is 293 g/mol. The van der Waals surface area contributed by atoms with E-state index in [1.165, 1.54) is 11.8 Å². The first-order valence-corrected chi connectivity index (χ1v) is 7.01. The number of hydrogen-bond donors (Lipinski definition) is 1. The van der Waals surface area contributed by atoms with Crippen LogP contribution in [-0.4, -0.2) is 16.2 Å². The molecule has 3 nitrogen and oxygen atoms in total. The number of rotatable bonds is 2. The molecule has 18 heavy (non-hydrogen) atoms. The zero-order valence-corrected chi connectivity index (χ0v) is 11.8. The lowest BCUT2D eigenvalue weighted by molar-refractivity contribution is 0.958. The van der Waals surface area contributed by atoms with E-state index in [2.05, 4.69) is 16.0 Å². The predicted molar refractivity (Wildman–Crippen MR) is 76.4 cm³/mol. The molecule has 1 N–H and O–H groups in total. The van der Waals surface area contributed by atoms with E-state index in [-0.39, 0.29) is 0 Å². The summed E-state index contributed by atoms with van der Waals surface area (Å²) in [6, 6.07) is 9.35. The molecule has 0 aliphatic carbocycles. The van der Waals surface area contributed by atoms with Crippen molar-refractivity contribution in [3.63, 3.8) is 0 Å². The highest BCUT2D eigenvalue weighted by Gasteiger charge is 2.10. The van der Waals surface area contributed by atoms with Gasteiger partial charge < -0.3 is 4.98 Å². The molecular weight excluding hydrogens is 286 g/mol. The Labute approximate surface area is 119 Å². The first kappa shape index (κ1) is 13.1. The van der Waals surface area contributed by atoms with Crippen LogP contribution in [0.3, 0.4) is 0 Å². The first-order valence-electron chi connectivity index (χ1n) is 5.00. The maximum absolute atomic E-state index is 9.18. The van der Waals surface area contributed by atoms with Crippen molar-refractivity contribution in [2.45, 2.75) is 5.16 Å². The molecular formula is C12H8ClN3S2. The van der Waals surface area contributed by atoms with E-state index in [4.69, 9.17) is 23.8 Å². The number of nitrogens with zero attached hydrogens (tertiary/aromatic N) is 2.